The SMILES string of the molecule is C/C=C/C(C)(C)NCCCCS(=O)(=O)O. The highest BCUT2D eigenvalue weighted by atomic mass is 32.2. The Kier molecular flexibility index (Phi) is 6.09. The normalized spacial score (nSPS) is 13.6. The van der Waals surface area contributed by atoms with Crippen LogP contribution in [0.15, 0.2) is 12.2 Å². The van der Waals surface area contributed by atoms with Gasteiger partial charge < -0.3 is 5.32 Å². The van der Waals surface area contributed by atoms with E-state index in [4.69, 9.17) is 4.55 Å². The molecule has 0 saturated carbocycles. The van der Waals surface area contributed by atoms with Crippen LogP contribution in [0.25, 0.3) is 0 Å². The summed E-state index contributed by atoms with van der Waals surface area (Å²) in [6.45, 7) is 6.81. The molecule has 4 nitrogen and oxygen atoms in total. The van der Waals surface area contributed by atoms with Crippen molar-refractivity contribution in [1.82, 2.24) is 5.32 Å². The second-order valence-electron chi connectivity index (χ2n) is 4.14. The van der Waals surface area contributed by atoms with Crippen molar-refractivity contribution in [2.24, 2.45) is 0 Å². The van der Waals surface area contributed by atoms with Gasteiger partial charge in [0.1, 0.15) is 0 Å². The summed E-state index contributed by atoms with van der Waals surface area (Å²) in [5.74, 6) is -0.154. The van der Waals surface area contributed by atoms with Crippen LogP contribution in [0.3, 0.4) is 0 Å². The van der Waals surface area contributed by atoms with E-state index in [1.54, 1.807) is 0 Å². The van der Waals surface area contributed by atoms with Gasteiger partial charge in [-0.25, -0.2) is 0 Å². The predicted octanol–water partition coefficient (Wildman–Crippen LogP) is 1.60. The summed E-state index contributed by atoms with van der Waals surface area (Å²) < 4.78 is 29.3. The molecule has 0 spiro atoms. The van der Waals surface area contributed by atoms with Gasteiger partial charge in [0.2, 0.25) is 0 Å². The number of unbranched alkanes of at least 4 members (excludes halogenated alkanes) is 1. The van der Waals surface area contributed by atoms with Crippen molar-refractivity contribution >= 4 is 10.1 Å². The molecule has 15 heavy (non-hydrogen) atoms. The van der Waals surface area contributed by atoms with Crippen molar-refractivity contribution < 1.29 is 13.0 Å². The Morgan fingerprint density at radius 2 is 1.93 bits per heavy atom. The monoisotopic (exact) mass is 235 g/mol. The van der Waals surface area contributed by atoms with Crippen LogP contribution < -0.4 is 5.32 Å². The molecule has 0 fully saturated rings. The number of hydrogen-bond donors (Lipinski definition) is 2. The zero-order chi connectivity index (χ0) is 11.9. The Morgan fingerprint density at radius 1 is 1.33 bits per heavy atom. The van der Waals surface area contributed by atoms with E-state index in [1.807, 2.05) is 13.0 Å². The van der Waals surface area contributed by atoms with Gasteiger partial charge in [-0.1, -0.05) is 12.2 Å². The lowest BCUT2D eigenvalue weighted by Gasteiger charge is -2.22. The number of rotatable bonds is 7. The highest BCUT2D eigenvalue weighted by molar-refractivity contribution is 7.85. The van der Waals surface area contributed by atoms with Gasteiger partial charge in [-0.2, -0.15) is 8.42 Å². The fourth-order valence-electron chi connectivity index (χ4n) is 1.30. The van der Waals surface area contributed by atoms with Gasteiger partial charge in [0.25, 0.3) is 10.1 Å². The summed E-state index contributed by atoms with van der Waals surface area (Å²) in [6, 6.07) is 0. The molecular weight excluding hydrogens is 214 g/mol. The van der Waals surface area contributed by atoms with Gasteiger partial charge in [0.15, 0.2) is 0 Å². The number of hydrogen-bond acceptors (Lipinski definition) is 3. The smallest absolute Gasteiger partial charge is 0.264 e. The van der Waals surface area contributed by atoms with E-state index in [1.165, 1.54) is 0 Å². The molecule has 0 aliphatic heterocycles. The molecule has 0 amide bonds. The van der Waals surface area contributed by atoms with Crippen molar-refractivity contribution in [3.05, 3.63) is 12.2 Å². The maximum Gasteiger partial charge on any atom is 0.264 e. The fraction of sp³-hybridized carbons (Fsp3) is 0.800. The summed E-state index contributed by atoms with van der Waals surface area (Å²) >= 11 is 0. The van der Waals surface area contributed by atoms with Gasteiger partial charge >= 0.3 is 0 Å². The first-order chi connectivity index (χ1) is 6.77. The summed E-state index contributed by atoms with van der Waals surface area (Å²) in [7, 11) is -3.79. The third-order valence-corrected chi connectivity index (χ3v) is 2.80. The van der Waals surface area contributed by atoms with Crippen LogP contribution in [0.5, 0.6) is 0 Å². The van der Waals surface area contributed by atoms with Crippen molar-refractivity contribution in [1.29, 1.82) is 0 Å². The zero-order valence-corrected chi connectivity index (χ0v) is 10.5. The zero-order valence-electron chi connectivity index (χ0n) is 9.66. The van der Waals surface area contributed by atoms with E-state index in [-0.39, 0.29) is 11.3 Å². The van der Waals surface area contributed by atoms with Crippen molar-refractivity contribution in [3.63, 3.8) is 0 Å². The maximum absolute atomic E-state index is 10.4. The minimum absolute atomic E-state index is 0.0627. The van der Waals surface area contributed by atoms with Crippen LogP contribution >= 0.6 is 0 Å². The molecule has 0 aliphatic rings. The Labute approximate surface area is 92.5 Å². The first kappa shape index (κ1) is 14.6. The quantitative estimate of drug-likeness (QED) is 0.399. The topological polar surface area (TPSA) is 66.4 Å². The van der Waals surface area contributed by atoms with Crippen LogP contribution in [-0.2, 0) is 10.1 Å². The Hall–Kier alpha value is -0.390. The van der Waals surface area contributed by atoms with Crippen LogP contribution in [-0.4, -0.2) is 30.8 Å². The average Bonchev–Trinajstić information content (AvgIpc) is 2.00. The molecule has 0 aromatic carbocycles. The minimum atomic E-state index is -3.79. The molecule has 0 heterocycles. The third-order valence-electron chi connectivity index (χ3n) is 1.99. The largest absolute Gasteiger partial charge is 0.308 e. The van der Waals surface area contributed by atoms with E-state index in [2.05, 4.69) is 25.2 Å². The van der Waals surface area contributed by atoms with Crippen LogP contribution in [0.4, 0.5) is 0 Å². The maximum atomic E-state index is 10.4. The lowest BCUT2D eigenvalue weighted by molar-refractivity contribution is 0.459. The summed E-state index contributed by atoms with van der Waals surface area (Å²) in [6.07, 6.45) is 5.25. The van der Waals surface area contributed by atoms with Crippen molar-refractivity contribution in [2.75, 3.05) is 12.3 Å². The molecule has 0 atom stereocenters. The van der Waals surface area contributed by atoms with Gasteiger partial charge in [-0.15, -0.1) is 0 Å². The van der Waals surface area contributed by atoms with E-state index >= 15 is 0 Å². The Balaban J connectivity index is 3.64. The first-order valence-corrected chi connectivity index (χ1v) is 6.72. The van der Waals surface area contributed by atoms with Crippen LogP contribution in [0.1, 0.15) is 33.6 Å². The standard InChI is InChI=1S/C10H21NO3S/c1-4-7-10(2,3)11-8-5-6-9-15(12,13)14/h4,7,11H,5-6,8-9H2,1-3H3,(H,12,13,14)/b7-4+. The molecule has 0 saturated heterocycles. The average molecular weight is 235 g/mol. The van der Waals surface area contributed by atoms with Crippen LogP contribution in [0.2, 0.25) is 0 Å². The Bertz CT molecular complexity index is 294. The van der Waals surface area contributed by atoms with Crippen molar-refractivity contribution in [2.45, 2.75) is 39.2 Å². The molecule has 2 N–H and O–H groups in total. The molecule has 5 heteroatoms. The second-order valence-corrected chi connectivity index (χ2v) is 5.71. The van der Waals surface area contributed by atoms with Gasteiger partial charge in [-0.3, -0.25) is 4.55 Å². The minimum Gasteiger partial charge on any atom is -0.308 e. The van der Waals surface area contributed by atoms with Crippen LogP contribution in [0, 0.1) is 0 Å². The fourth-order valence-corrected chi connectivity index (χ4v) is 1.86. The third kappa shape index (κ3) is 9.90. The summed E-state index contributed by atoms with van der Waals surface area (Å²) in [5, 5.41) is 3.28. The molecule has 0 rings (SSSR count). The first-order valence-electron chi connectivity index (χ1n) is 5.11. The second kappa shape index (κ2) is 6.25. The molecule has 0 aromatic heterocycles. The van der Waals surface area contributed by atoms with Gasteiger partial charge in [0, 0.05) is 5.54 Å². The summed E-state index contributed by atoms with van der Waals surface area (Å²) in [4.78, 5) is 0. The van der Waals surface area contributed by atoms with E-state index in [0.717, 1.165) is 13.0 Å². The molecule has 0 radical (unpaired) electrons. The predicted molar refractivity (Wildman–Crippen MR) is 62.5 cm³/mol. The lowest BCUT2D eigenvalue weighted by Crippen LogP contribution is -2.37. The van der Waals surface area contributed by atoms with E-state index in [0.29, 0.717) is 6.42 Å². The van der Waals surface area contributed by atoms with E-state index < -0.39 is 10.1 Å². The highest BCUT2D eigenvalue weighted by Gasteiger charge is 2.11. The Morgan fingerprint density at radius 3 is 2.40 bits per heavy atom. The molecule has 0 unspecified atom stereocenters. The molecule has 0 bridgehead atoms. The molecule has 0 aliphatic carbocycles. The van der Waals surface area contributed by atoms with Crippen molar-refractivity contribution in [3.8, 4) is 0 Å². The number of nitrogens with one attached hydrogen (secondary N) is 1. The molecule has 90 valence electrons. The van der Waals surface area contributed by atoms with E-state index in [9.17, 15) is 8.42 Å². The molecular formula is C10H21NO3S. The molecule has 0 aromatic rings. The lowest BCUT2D eigenvalue weighted by atomic mass is 10.1. The number of allylic oxidation sites excluding steroid dienone is 1. The highest BCUT2D eigenvalue weighted by Crippen LogP contribution is 2.04. The van der Waals surface area contributed by atoms with Gasteiger partial charge in [-0.05, 0) is 40.2 Å². The van der Waals surface area contributed by atoms with Gasteiger partial charge in [0.05, 0.1) is 5.75 Å². The summed E-state index contributed by atoms with van der Waals surface area (Å²) in [5.41, 5.74) is -0.0627.